The summed E-state index contributed by atoms with van der Waals surface area (Å²) in [6.45, 7) is 0.411. The number of aliphatic carboxylic acids is 1. The predicted molar refractivity (Wildman–Crippen MR) is 79.3 cm³/mol. The largest absolute Gasteiger partial charge is 0.493 e. The van der Waals surface area contributed by atoms with Gasteiger partial charge in [-0.15, -0.1) is 0 Å². The number of carbonyl (C=O) groups is 1. The van der Waals surface area contributed by atoms with E-state index in [1.807, 2.05) is 12.1 Å². The summed E-state index contributed by atoms with van der Waals surface area (Å²) in [6, 6.07) is 7.28. The molecule has 1 fully saturated rings. The van der Waals surface area contributed by atoms with Gasteiger partial charge in [0.25, 0.3) is 0 Å². The second kappa shape index (κ2) is 6.05. The van der Waals surface area contributed by atoms with Gasteiger partial charge in [-0.3, -0.25) is 4.79 Å². The van der Waals surface area contributed by atoms with E-state index in [-0.39, 0.29) is 17.6 Å². The van der Waals surface area contributed by atoms with Crippen molar-refractivity contribution in [1.29, 1.82) is 0 Å². The highest BCUT2D eigenvalue weighted by atomic mass is 32.2. The molecule has 116 valence electrons. The van der Waals surface area contributed by atoms with Gasteiger partial charge in [-0.2, -0.15) is 0 Å². The van der Waals surface area contributed by atoms with Crippen molar-refractivity contribution in [2.75, 3.05) is 18.6 Å². The van der Waals surface area contributed by atoms with Crippen LogP contribution in [-0.4, -0.2) is 38.1 Å². The van der Waals surface area contributed by atoms with Crippen molar-refractivity contribution < 1.29 is 23.1 Å². The molecule has 0 aromatic heterocycles. The molecule has 0 aliphatic heterocycles. The lowest BCUT2D eigenvalue weighted by molar-refractivity contribution is -0.136. The summed E-state index contributed by atoms with van der Waals surface area (Å²) in [4.78, 5) is 10.5. The summed E-state index contributed by atoms with van der Waals surface area (Å²) in [7, 11) is -2.98. The summed E-state index contributed by atoms with van der Waals surface area (Å²) in [5.74, 6) is 0.0529. The SMILES string of the molecule is CS(=O)(=O)CC1(COc2ccc(CCC(=O)O)cc2)CC1. The van der Waals surface area contributed by atoms with Crippen LogP contribution >= 0.6 is 0 Å². The molecule has 0 amide bonds. The molecule has 0 saturated heterocycles. The zero-order valence-corrected chi connectivity index (χ0v) is 12.9. The normalized spacial score (nSPS) is 16.4. The van der Waals surface area contributed by atoms with E-state index in [1.54, 1.807) is 12.1 Å². The van der Waals surface area contributed by atoms with Crippen LogP contribution < -0.4 is 4.74 Å². The maximum absolute atomic E-state index is 11.4. The maximum atomic E-state index is 11.4. The van der Waals surface area contributed by atoms with Crippen LogP contribution in [0.3, 0.4) is 0 Å². The quantitative estimate of drug-likeness (QED) is 0.793. The van der Waals surface area contributed by atoms with E-state index in [4.69, 9.17) is 9.84 Å². The molecule has 2 rings (SSSR count). The number of sulfone groups is 1. The van der Waals surface area contributed by atoms with Crippen LogP contribution in [0, 0.1) is 5.41 Å². The van der Waals surface area contributed by atoms with Gasteiger partial charge in [0.2, 0.25) is 0 Å². The van der Waals surface area contributed by atoms with Crippen LogP contribution in [0.1, 0.15) is 24.8 Å². The van der Waals surface area contributed by atoms with Crippen LogP contribution in [0.2, 0.25) is 0 Å². The smallest absolute Gasteiger partial charge is 0.303 e. The molecule has 0 bridgehead atoms. The Morgan fingerprint density at radius 3 is 2.38 bits per heavy atom. The summed E-state index contributed by atoms with van der Waals surface area (Å²) in [5.41, 5.74) is 0.734. The first kappa shape index (κ1) is 15.8. The Morgan fingerprint density at radius 1 is 1.29 bits per heavy atom. The molecular weight excluding hydrogens is 292 g/mol. The molecule has 0 unspecified atom stereocenters. The number of benzene rings is 1. The van der Waals surface area contributed by atoms with Crippen LogP contribution in [-0.2, 0) is 21.1 Å². The molecule has 1 aliphatic rings. The van der Waals surface area contributed by atoms with Gasteiger partial charge in [0.1, 0.15) is 15.6 Å². The number of carboxylic acids is 1. The molecule has 6 heteroatoms. The van der Waals surface area contributed by atoms with E-state index in [1.165, 1.54) is 6.26 Å². The minimum absolute atomic E-state index is 0.109. The fourth-order valence-corrected chi connectivity index (χ4v) is 3.79. The lowest BCUT2D eigenvalue weighted by Crippen LogP contribution is -2.22. The van der Waals surface area contributed by atoms with E-state index < -0.39 is 15.8 Å². The van der Waals surface area contributed by atoms with Gasteiger partial charge in [0, 0.05) is 18.1 Å². The number of carboxylic acid groups (broad SMARTS) is 1. The molecule has 0 radical (unpaired) electrons. The Balaban J connectivity index is 1.85. The predicted octanol–water partition coefficient (Wildman–Crippen LogP) is 1.91. The number of ether oxygens (including phenoxy) is 1. The topological polar surface area (TPSA) is 80.7 Å². The lowest BCUT2D eigenvalue weighted by Gasteiger charge is -2.15. The van der Waals surface area contributed by atoms with Gasteiger partial charge in [-0.05, 0) is 37.0 Å². The molecule has 0 heterocycles. The molecule has 21 heavy (non-hydrogen) atoms. The molecule has 1 saturated carbocycles. The van der Waals surface area contributed by atoms with Crippen molar-refractivity contribution in [1.82, 2.24) is 0 Å². The van der Waals surface area contributed by atoms with Crippen LogP contribution in [0.4, 0.5) is 0 Å². The molecular formula is C15H20O5S. The average molecular weight is 312 g/mol. The van der Waals surface area contributed by atoms with Gasteiger partial charge < -0.3 is 9.84 Å². The molecule has 1 N–H and O–H groups in total. The van der Waals surface area contributed by atoms with Gasteiger partial charge in [0.05, 0.1) is 12.4 Å². The Labute approximate surface area is 124 Å². The summed E-state index contributed by atoms with van der Waals surface area (Å²) < 4.78 is 28.4. The third-order valence-electron chi connectivity index (χ3n) is 3.62. The molecule has 0 atom stereocenters. The Bertz CT molecular complexity index is 599. The highest BCUT2D eigenvalue weighted by Gasteiger charge is 2.46. The number of aryl methyl sites for hydroxylation is 1. The fourth-order valence-electron chi connectivity index (χ4n) is 2.30. The van der Waals surface area contributed by atoms with Crippen molar-refractivity contribution in [2.24, 2.45) is 5.41 Å². The van der Waals surface area contributed by atoms with E-state index in [0.717, 1.165) is 18.4 Å². The number of rotatable bonds is 8. The molecule has 1 aromatic rings. The van der Waals surface area contributed by atoms with Gasteiger partial charge in [0.15, 0.2) is 0 Å². The Morgan fingerprint density at radius 2 is 1.90 bits per heavy atom. The minimum atomic E-state index is -2.98. The van der Waals surface area contributed by atoms with E-state index in [9.17, 15) is 13.2 Å². The van der Waals surface area contributed by atoms with Gasteiger partial charge in [-0.25, -0.2) is 8.42 Å². The third-order valence-corrected chi connectivity index (χ3v) is 4.76. The molecule has 1 aliphatic carbocycles. The second-order valence-corrected chi connectivity index (χ2v) is 8.04. The third kappa shape index (κ3) is 5.38. The summed E-state index contributed by atoms with van der Waals surface area (Å²) in [5, 5.41) is 8.63. The van der Waals surface area contributed by atoms with Gasteiger partial charge in [-0.1, -0.05) is 12.1 Å². The molecule has 1 aromatic carbocycles. The molecule has 5 nitrogen and oxygen atoms in total. The minimum Gasteiger partial charge on any atom is -0.493 e. The number of hydrogen-bond donors (Lipinski definition) is 1. The maximum Gasteiger partial charge on any atom is 0.303 e. The highest BCUT2D eigenvalue weighted by Crippen LogP contribution is 2.46. The lowest BCUT2D eigenvalue weighted by atomic mass is 10.1. The zero-order valence-electron chi connectivity index (χ0n) is 12.0. The number of hydrogen-bond acceptors (Lipinski definition) is 4. The average Bonchev–Trinajstić information content (AvgIpc) is 3.13. The fraction of sp³-hybridized carbons (Fsp3) is 0.533. The van der Waals surface area contributed by atoms with Crippen molar-refractivity contribution in [3.63, 3.8) is 0 Å². The monoisotopic (exact) mass is 312 g/mol. The first-order valence-corrected chi connectivity index (χ1v) is 8.95. The first-order valence-electron chi connectivity index (χ1n) is 6.89. The second-order valence-electron chi connectivity index (χ2n) is 5.90. The van der Waals surface area contributed by atoms with Crippen LogP contribution in [0.5, 0.6) is 5.75 Å². The van der Waals surface area contributed by atoms with Crippen molar-refractivity contribution in [3.8, 4) is 5.75 Å². The summed E-state index contributed by atoms with van der Waals surface area (Å²) >= 11 is 0. The van der Waals surface area contributed by atoms with Crippen molar-refractivity contribution in [3.05, 3.63) is 29.8 Å². The summed E-state index contributed by atoms with van der Waals surface area (Å²) in [6.07, 6.45) is 3.63. The van der Waals surface area contributed by atoms with E-state index in [2.05, 4.69) is 0 Å². The zero-order chi connectivity index (χ0) is 15.5. The standard InChI is InChI=1S/C15H20O5S/c1-21(18,19)11-15(8-9-15)10-20-13-5-2-12(3-6-13)4-7-14(16)17/h2-3,5-6H,4,7-11H2,1H3,(H,16,17). The van der Waals surface area contributed by atoms with Gasteiger partial charge >= 0.3 is 5.97 Å². The van der Waals surface area contributed by atoms with Crippen LogP contribution in [0.25, 0.3) is 0 Å². The van der Waals surface area contributed by atoms with Crippen molar-refractivity contribution >= 4 is 15.8 Å². The first-order chi connectivity index (χ1) is 9.78. The molecule has 0 spiro atoms. The highest BCUT2D eigenvalue weighted by molar-refractivity contribution is 7.90. The Kier molecular flexibility index (Phi) is 4.56. The van der Waals surface area contributed by atoms with Crippen molar-refractivity contribution in [2.45, 2.75) is 25.7 Å². The van der Waals surface area contributed by atoms with E-state index >= 15 is 0 Å². The Hall–Kier alpha value is -1.56. The van der Waals surface area contributed by atoms with E-state index in [0.29, 0.717) is 18.8 Å². The van der Waals surface area contributed by atoms with Crippen LogP contribution in [0.15, 0.2) is 24.3 Å².